The van der Waals surface area contributed by atoms with E-state index in [2.05, 4.69) is 0 Å². The topological polar surface area (TPSA) is 82.6 Å². The minimum atomic E-state index is -0.620. The number of esters is 1. The average Bonchev–Trinajstić information content (AvgIpc) is 2.59. The number of furan rings is 1. The first kappa shape index (κ1) is 10.2. The maximum Gasteiger partial charge on any atom is 0.434 e. The molecule has 2 rings (SSSR count). The van der Waals surface area contributed by atoms with Crippen LogP contribution in [0.4, 0.5) is 5.88 Å². The van der Waals surface area contributed by atoms with E-state index in [1.807, 2.05) is 0 Å². The summed E-state index contributed by atoms with van der Waals surface area (Å²) in [5.74, 6) is -0.456. The fourth-order valence-corrected chi connectivity index (χ4v) is 1.33. The highest BCUT2D eigenvalue weighted by Crippen LogP contribution is 2.27. The molecular weight excluding hydrogens is 214 g/mol. The van der Waals surface area contributed by atoms with Gasteiger partial charge in [0.15, 0.2) is 0 Å². The van der Waals surface area contributed by atoms with E-state index in [-0.39, 0.29) is 5.88 Å². The second kappa shape index (κ2) is 3.65. The number of hydrogen-bond donors (Lipinski definition) is 0. The third-order valence-corrected chi connectivity index (χ3v) is 1.92. The number of rotatable bonds is 2. The molecule has 0 radical (unpaired) electrons. The van der Waals surface area contributed by atoms with E-state index in [9.17, 15) is 14.9 Å². The second-order valence-electron chi connectivity index (χ2n) is 3.14. The molecule has 0 unspecified atom stereocenters. The lowest BCUT2D eigenvalue weighted by atomic mass is 10.2. The van der Waals surface area contributed by atoms with E-state index in [1.54, 1.807) is 0 Å². The summed E-state index contributed by atoms with van der Waals surface area (Å²) in [5.41, 5.74) is 0.377. The van der Waals surface area contributed by atoms with Crippen LogP contribution >= 0.6 is 0 Å². The highest BCUT2D eigenvalue weighted by molar-refractivity contribution is 5.82. The lowest BCUT2D eigenvalue weighted by Crippen LogP contribution is -2.00. The fourth-order valence-electron chi connectivity index (χ4n) is 1.33. The Morgan fingerprint density at radius 3 is 2.81 bits per heavy atom. The van der Waals surface area contributed by atoms with Crippen LogP contribution in [-0.2, 0) is 4.79 Å². The molecule has 6 nitrogen and oxygen atoms in total. The van der Waals surface area contributed by atoms with E-state index < -0.39 is 10.9 Å². The molecule has 1 aromatic heterocycles. The number of benzene rings is 1. The normalized spacial score (nSPS) is 10.3. The number of ether oxygens (including phenoxy) is 1. The van der Waals surface area contributed by atoms with E-state index in [0.29, 0.717) is 16.7 Å². The van der Waals surface area contributed by atoms with Gasteiger partial charge in [0.25, 0.3) is 0 Å². The SMILES string of the molecule is CC(=O)Oc1ccc2oc([N+](=O)[O-])cc2c1. The molecule has 0 aliphatic carbocycles. The summed E-state index contributed by atoms with van der Waals surface area (Å²) in [4.78, 5) is 20.5. The molecule has 0 amide bonds. The van der Waals surface area contributed by atoms with Crippen LogP contribution in [0, 0.1) is 10.1 Å². The smallest absolute Gasteiger partial charge is 0.427 e. The fraction of sp³-hybridized carbons (Fsp3) is 0.100. The lowest BCUT2D eigenvalue weighted by molar-refractivity contribution is -0.401. The van der Waals surface area contributed by atoms with Crippen LogP contribution in [0.25, 0.3) is 11.0 Å². The third kappa shape index (κ3) is 1.85. The van der Waals surface area contributed by atoms with Crippen molar-refractivity contribution < 1.29 is 18.9 Å². The highest BCUT2D eigenvalue weighted by Gasteiger charge is 2.13. The van der Waals surface area contributed by atoms with E-state index in [0.717, 1.165) is 0 Å². The summed E-state index contributed by atoms with van der Waals surface area (Å²) >= 11 is 0. The molecule has 2 aromatic rings. The Balaban J connectivity index is 2.45. The molecule has 0 saturated carbocycles. The zero-order chi connectivity index (χ0) is 11.7. The van der Waals surface area contributed by atoms with Gasteiger partial charge in [-0.25, -0.2) is 0 Å². The molecule has 16 heavy (non-hydrogen) atoms. The van der Waals surface area contributed by atoms with Gasteiger partial charge in [-0.3, -0.25) is 14.9 Å². The monoisotopic (exact) mass is 221 g/mol. The van der Waals surface area contributed by atoms with Crippen molar-refractivity contribution in [3.05, 3.63) is 34.4 Å². The minimum Gasteiger partial charge on any atom is -0.427 e. The first-order valence-electron chi connectivity index (χ1n) is 4.42. The van der Waals surface area contributed by atoms with Crippen molar-refractivity contribution >= 4 is 22.8 Å². The molecular formula is C10H7NO5. The summed E-state index contributed by atoms with van der Waals surface area (Å²) in [6.45, 7) is 1.28. The number of hydrogen-bond acceptors (Lipinski definition) is 5. The van der Waals surface area contributed by atoms with Gasteiger partial charge in [-0.15, -0.1) is 0 Å². The van der Waals surface area contributed by atoms with Crippen LogP contribution in [0.5, 0.6) is 5.75 Å². The summed E-state index contributed by atoms with van der Waals surface area (Å²) in [6, 6.07) is 5.81. The van der Waals surface area contributed by atoms with Gasteiger partial charge >= 0.3 is 11.9 Å². The molecule has 82 valence electrons. The van der Waals surface area contributed by atoms with Gasteiger partial charge in [0.2, 0.25) is 0 Å². The number of carbonyl (C=O) groups excluding carboxylic acids is 1. The Hall–Kier alpha value is -2.37. The first-order chi connectivity index (χ1) is 7.56. The van der Waals surface area contributed by atoms with Crippen LogP contribution in [0.2, 0.25) is 0 Å². The van der Waals surface area contributed by atoms with Crippen molar-refractivity contribution in [3.8, 4) is 5.75 Å². The van der Waals surface area contributed by atoms with E-state index in [1.165, 1.54) is 31.2 Å². The first-order valence-corrected chi connectivity index (χ1v) is 4.42. The van der Waals surface area contributed by atoms with E-state index >= 15 is 0 Å². The molecule has 0 N–H and O–H groups in total. The van der Waals surface area contributed by atoms with Gasteiger partial charge in [-0.2, -0.15) is 0 Å². The van der Waals surface area contributed by atoms with Crippen molar-refractivity contribution in [2.24, 2.45) is 0 Å². The standard InChI is InChI=1S/C10H7NO5/c1-6(12)15-8-2-3-9-7(4-8)5-10(16-9)11(13)14/h2-5H,1H3. The number of nitrogens with zero attached hydrogens (tertiary/aromatic N) is 1. The Labute approximate surface area is 89.6 Å². The Morgan fingerprint density at radius 2 is 2.19 bits per heavy atom. The predicted molar refractivity (Wildman–Crippen MR) is 54.2 cm³/mol. The number of fused-ring (bicyclic) bond motifs is 1. The third-order valence-electron chi connectivity index (χ3n) is 1.92. The van der Waals surface area contributed by atoms with Crippen LogP contribution < -0.4 is 4.74 Å². The van der Waals surface area contributed by atoms with Crippen LogP contribution in [-0.4, -0.2) is 10.9 Å². The summed E-state index contributed by atoms with van der Waals surface area (Å²) in [6.07, 6.45) is 0. The predicted octanol–water partition coefficient (Wildman–Crippen LogP) is 2.27. The molecule has 0 bridgehead atoms. The minimum absolute atomic E-state index is 0.329. The molecule has 0 saturated heterocycles. The maximum atomic E-state index is 10.7. The van der Waals surface area contributed by atoms with Crippen molar-refractivity contribution in [2.75, 3.05) is 0 Å². The largest absolute Gasteiger partial charge is 0.434 e. The highest BCUT2D eigenvalue weighted by atomic mass is 16.6. The zero-order valence-electron chi connectivity index (χ0n) is 8.30. The van der Waals surface area contributed by atoms with Gasteiger partial charge in [0.05, 0.1) is 6.07 Å². The summed E-state index contributed by atoms with van der Waals surface area (Å²) < 4.78 is 9.79. The number of nitro groups is 1. The van der Waals surface area contributed by atoms with Gasteiger partial charge in [-0.1, -0.05) is 0 Å². The lowest BCUT2D eigenvalue weighted by Gasteiger charge is -1.98. The van der Waals surface area contributed by atoms with Crippen molar-refractivity contribution in [1.29, 1.82) is 0 Å². The zero-order valence-corrected chi connectivity index (χ0v) is 8.30. The van der Waals surface area contributed by atoms with Gasteiger partial charge in [-0.05, 0) is 18.2 Å². The van der Waals surface area contributed by atoms with Crippen LogP contribution in [0.1, 0.15) is 6.92 Å². The summed E-state index contributed by atoms with van der Waals surface area (Å²) in [7, 11) is 0. The number of carbonyl (C=O) groups is 1. The maximum absolute atomic E-state index is 10.7. The average molecular weight is 221 g/mol. The Bertz CT molecular complexity index is 572. The van der Waals surface area contributed by atoms with Crippen molar-refractivity contribution in [3.63, 3.8) is 0 Å². The van der Waals surface area contributed by atoms with Gasteiger partial charge in [0, 0.05) is 12.3 Å². The molecule has 1 aromatic carbocycles. The Kier molecular flexibility index (Phi) is 2.32. The summed E-state index contributed by atoms with van der Waals surface area (Å²) in [5, 5.41) is 11.0. The van der Waals surface area contributed by atoms with Gasteiger partial charge < -0.3 is 9.15 Å². The molecule has 0 atom stereocenters. The second-order valence-corrected chi connectivity index (χ2v) is 3.14. The van der Waals surface area contributed by atoms with Crippen molar-refractivity contribution in [2.45, 2.75) is 6.92 Å². The van der Waals surface area contributed by atoms with Crippen LogP contribution in [0.3, 0.4) is 0 Å². The van der Waals surface area contributed by atoms with Crippen LogP contribution in [0.15, 0.2) is 28.7 Å². The van der Waals surface area contributed by atoms with Crippen molar-refractivity contribution in [1.82, 2.24) is 0 Å². The quantitative estimate of drug-likeness (QED) is 0.336. The van der Waals surface area contributed by atoms with Gasteiger partial charge in [0.1, 0.15) is 16.3 Å². The molecule has 0 aliphatic rings. The molecule has 0 aliphatic heterocycles. The molecule has 0 fully saturated rings. The van der Waals surface area contributed by atoms with E-state index in [4.69, 9.17) is 9.15 Å². The Morgan fingerprint density at radius 1 is 1.44 bits per heavy atom. The molecule has 0 spiro atoms. The molecule has 1 heterocycles. The molecule has 6 heteroatoms.